The Morgan fingerprint density at radius 3 is 2.62 bits per heavy atom. The minimum atomic E-state index is -0.00796. The van der Waals surface area contributed by atoms with Gasteiger partial charge in [-0.2, -0.15) is 0 Å². The fourth-order valence-corrected chi connectivity index (χ4v) is 6.20. The molecule has 0 spiro atoms. The highest BCUT2D eigenvalue weighted by atomic mass is 32.2. The van der Waals surface area contributed by atoms with E-state index in [1.54, 1.807) is 11.8 Å². The Balaban J connectivity index is 1.45. The van der Waals surface area contributed by atoms with E-state index in [9.17, 15) is 4.79 Å². The van der Waals surface area contributed by atoms with Crippen molar-refractivity contribution in [2.45, 2.75) is 94.5 Å². The summed E-state index contributed by atoms with van der Waals surface area (Å²) in [6, 6.07) is 13.7. The maximum Gasteiger partial charge on any atom is 0.251 e. The van der Waals surface area contributed by atoms with Crippen LogP contribution >= 0.6 is 11.8 Å². The van der Waals surface area contributed by atoms with E-state index in [2.05, 4.69) is 56.1 Å². The van der Waals surface area contributed by atoms with Crippen LogP contribution in [0.1, 0.15) is 87.2 Å². The number of hydrogen-bond acceptors (Lipinski definition) is 4. The molecule has 2 aromatic rings. The quantitative estimate of drug-likeness (QED) is 0.439. The predicted molar refractivity (Wildman–Crippen MR) is 144 cm³/mol. The van der Waals surface area contributed by atoms with E-state index in [0.717, 1.165) is 35.7 Å². The molecular formula is C29H39N3OS. The van der Waals surface area contributed by atoms with Gasteiger partial charge in [-0.1, -0.05) is 56.5 Å². The maximum atomic E-state index is 13.0. The smallest absolute Gasteiger partial charge is 0.251 e. The fourth-order valence-electron chi connectivity index (χ4n) is 5.19. The number of hydrogen-bond donors (Lipinski definition) is 1. The summed E-state index contributed by atoms with van der Waals surface area (Å²) in [6.07, 6.45) is 8.62. The van der Waals surface area contributed by atoms with E-state index in [-0.39, 0.29) is 5.91 Å². The molecule has 1 heterocycles. The van der Waals surface area contributed by atoms with Crippen molar-refractivity contribution in [3.05, 3.63) is 53.1 Å². The SMILES string of the molecule is CCC1=Nc2cc(C(=O)NCCN(C3CCCCC3)[C@@H](C)CC)ccc2Sc2ccc(C)cc21. The molecule has 34 heavy (non-hydrogen) atoms. The summed E-state index contributed by atoms with van der Waals surface area (Å²) >= 11 is 1.74. The van der Waals surface area contributed by atoms with Crippen molar-refractivity contribution in [1.29, 1.82) is 0 Å². The number of benzene rings is 2. The first-order valence-electron chi connectivity index (χ1n) is 13.0. The van der Waals surface area contributed by atoms with Gasteiger partial charge < -0.3 is 5.32 Å². The van der Waals surface area contributed by atoms with Crippen LogP contribution in [0, 0.1) is 6.92 Å². The Kier molecular flexibility index (Phi) is 8.49. The van der Waals surface area contributed by atoms with E-state index in [1.807, 2.05) is 18.2 Å². The van der Waals surface area contributed by atoms with Crippen molar-refractivity contribution in [3.8, 4) is 0 Å². The number of nitrogens with zero attached hydrogens (tertiary/aromatic N) is 2. The molecule has 182 valence electrons. The Bertz CT molecular complexity index is 1040. The van der Waals surface area contributed by atoms with Crippen molar-refractivity contribution < 1.29 is 4.79 Å². The molecule has 0 aromatic heterocycles. The van der Waals surface area contributed by atoms with Gasteiger partial charge in [0, 0.05) is 51.8 Å². The van der Waals surface area contributed by atoms with Crippen LogP contribution in [-0.4, -0.2) is 41.7 Å². The van der Waals surface area contributed by atoms with E-state index in [0.29, 0.717) is 24.2 Å². The normalized spacial score (nSPS) is 16.9. The van der Waals surface area contributed by atoms with Crippen LogP contribution in [0.4, 0.5) is 5.69 Å². The summed E-state index contributed by atoms with van der Waals surface area (Å²) in [7, 11) is 0. The molecule has 1 fully saturated rings. The van der Waals surface area contributed by atoms with Crippen LogP contribution in [0.3, 0.4) is 0 Å². The minimum absolute atomic E-state index is 0.00796. The largest absolute Gasteiger partial charge is 0.351 e. The van der Waals surface area contributed by atoms with Crippen molar-refractivity contribution in [2.75, 3.05) is 13.1 Å². The van der Waals surface area contributed by atoms with Crippen molar-refractivity contribution in [3.63, 3.8) is 0 Å². The first kappa shape index (κ1) is 25.0. The van der Waals surface area contributed by atoms with Gasteiger partial charge in [0.15, 0.2) is 0 Å². The second kappa shape index (κ2) is 11.5. The molecule has 1 atom stereocenters. The Morgan fingerprint density at radius 1 is 1.12 bits per heavy atom. The molecule has 2 aliphatic rings. The Hall–Kier alpha value is -2.11. The van der Waals surface area contributed by atoms with Crippen molar-refractivity contribution in [1.82, 2.24) is 10.2 Å². The zero-order valence-corrected chi connectivity index (χ0v) is 22.0. The first-order valence-corrected chi connectivity index (χ1v) is 13.9. The molecule has 0 bridgehead atoms. The standard InChI is InChI=1S/C29H39N3OS/c1-5-21(4)32(23-10-8-7-9-11-23)17-16-30-29(33)22-13-15-28-26(19-22)31-25(6-2)24-18-20(3)12-14-27(24)34-28/h12-15,18-19,21,23H,5-11,16-17H2,1-4H3,(H,30,33)/t21-/m0/s1. The molecule has 4 nitrogen and oxygen atoms in total. The molecule has 2 aromatic carbocycles. The summed E-state index contributed by atoms with van der Waals surface area (Å²) in [5.74, 6) is -0.00796. The van der Waals surface area contributed by atoms with E-state index in [1.165, 1.54) is 48.1 Å². The predicted octanol–water partition coefficient (Wildman–Crippen LogP) is 7.15. The van der Waals surface area contributed by atoms with Crippen LogP contribution in [0.25, 0.3) is 0 Å². The summed E-state index contributed by atoms with van der Waals surface area (Å²) in [5, 5.41) is 3.18. The number of nitrogens with one attached hydrogen (secondary N) is 1. The summed E-state index contributed by atoms with van der Waals surface area (Å²) in [5.41, 5.74) is 5.12. The second-order valence-electron chi connectivity index (χ2n) is 9.74. The lowest BCUT2D eigenvalue weighted by Gasteiger charge is -2.38. The molecule has 1 amide bonds. The maximum absolute atomic E-state index is 13.0. The number of carbonyl (C=O) groups excluding carboxylic acids is 1. The number of fused-ring (bicyclic) bond motifs is 2. The summed E-state index contributed by atoms with van der Waals surface area (Å²) in [6.45, 7) is 10.4. The first-order chi connectivity index (χ1) is 16.5. The molecule has 1 N–H and O–H groups in total. The molecule has 5 heteroatoms. The molecule has 1 saturated carbocycles. The van der Waals surface area contributed by atoms with Gasteiger partial charge in [-0.25, -0.2) is 0 Å². The van der Waals surface area contributed by atoms with Gasteiger partial charge in [-0.15, -0.1) is 0 Å². The second-order valence-corrected chi connectivity index (χ2v) is 10.8. The Morgan fingerprint density at radius 2 is 1.88 bits per heavy atom. The highest BCUT2D eigenvalue weighted by molar-refractivity contribution is 7.99. The number of aryl methyl sites for hydroxylation is 1. The molecule has 1 aliphatic carbocycles. The van der Waals surface area contributed by atoms with Gasteiger partial charge in [-0.05, 0) is 69.9 Å². The van der Waals surface area contributed by atoms with Crippen molar-refractivity contribution in [2.24, 2.45) is 4.99 Å². The highest BCUT2D eigenvalue weighted by Gasteiger charge is 2.24. The highest BCUT2D eigenvalue weighted by Crippen LogP contribution is 2.41. The molecule has 0 unspecified atom stereocenters. The van der Waals surface area contributed by atoms with Crippen LogP contribution in [-0.2, 0) is 0 Å². The average Bonchev–Trinajstić information content (AvgIpc) is 3.02. The fraction of sp³-hybridized carbons (Fsp3) is 0.517. The number of carbonyl (C=O) groups is 1. The molecule has 0 saturated heterocycles. The van der Waals surface area contributed by atoms with Crippen LogP contribution in [0.2, 0.25) is 0 Å². The van der Waals surface area contributed by atoms with Gasteiger partial charge in [0.25, 0.3) is 5.91 Å². The third-order valence-electron chi connectivity index (χ3n) is 7.33. The van der Waals surface area contributed by atoms with Crippen LogP contribution in [0.5, 0.6) is 0 Å². The third-order valence-corrected chi connectivity index (χ3v) is 8.47. The van der Waals surface area contributed by atoms with Crippen molar-refractivity contribution >= 4 is 29.1 Å². The summed E-state index contributed by atoms with van der Waals surface area (Å²) in [4.78, 5) is 23.0. The number of aliphatic imine (C=N–C) groups is 1. The zero-order chi connectivity index (χ0) is 24.1. The van der Waals surface area contributed by atoms with Gasteiger partial charge in [0.1, 0.15) is 0 Å². The lowest BCUT2D eigenvalue weighted by Crippen LogP contribution is -2.46. The third kappa shape index (κ3) is 5.75. The molecule has 0 radical (unpaired) electrons. The summed E-state index contributed by atoms with van der Waals surface area (Å²) < 4.78 is 0. The zero-order valence-electron chi connectivity index (χ0n) is 21.2. The number of amides is 1. The van der Waals surface area contributed by atoms with E-state index >= 15 is 0 Å². The van der Waals surface area contributed by atoms with E-state index in [4.69, 9.17) is 4.99 Å². The lowest BCUT2D eigenvalue weighted by atomic mass is 9.93. The van der Waals surface area contributed by atoms with Crippen LogP contribution in [0.15, 0.2) is 51.2 Å². The molecule has 4 rings (SSSR count). The van der Waals surface area contributed by atoms with Gasteiger partial charge >= 0.3 is 0 Å². The van der Waals surface area contributed by atoms with Gasteiger partial charge in [-0.3, -0.25) is 14.7 Å². The van der Waals surface area contributed by atoms with Gasteiger partial charge in [0.2, 0.25) is 0 Å². The topological polar surface area (TPSA) is 44.7 Å². The monoisotopic (exact) mass is 477 g/mol. The number of rotatable bonds is 8. The average molecular weight is 478 g/mol. The van der Waals surface area contributed by atoms with Crippen LogP contribution < -0.4 is 5.32 Å². The van der Waals surface area contributed by atoms with E-state index < -0.39 is 0 Å². The molecule has 1 aliphatic heterocycles. The molecular weight excluding hydrogens is 438 g/mol. The Labute approximate surface area is 209 Å². The minimum Gasteiger partial charge on any atom is -0.351 e. The van der Waals surface area contributed by atoms with Gasteiger partial charge in [0.05, 0.1) is 5.69 Å². The lowest BCUT2D eigenvalue weighted by molar-refractivity contribution is 0.0903.